The molecule has 0 atom stereocenters. The first-order chi connectivity index (χ1) is 9.70. The van der Waals surface area contributed by atoms with E-state index in [1.807, 2.05) is 11.9 Å². The largest absolute Gasteiger partial charge is 0.339 e. The van der Waals surface area contributed by atoms with Gasteiger partial charge in [-0.3, -0.25) is 9.59 Å². The Hall–Kier alpha value is -1.59. The van der Waals surface area contributed by atoms with Gasteiger partial charge in [-0.2, -0.15) is 0 Å². The van der Waals surface area contributed by atoms with Gasteiger partial charge in [-0.1, -0.05) is 0 Å². The summed E-state index contributed by atoms with van der Waals surface area (Å²) in [5.41, 5.74) is 1.41. The zero-order valence-electron chi connectivity index (χ0n) is 12.2. The predicted molar refractivity (Wildman–Crippen MR) is 86.0 cm³/mol. The molecule has 0 saturated carbocycles. The van der Waals surface area contributed by atoms with Crippen molar-refractivity contribution in [2.45, 2.75) is 19.3 Å². The fraction of sp³-hybridized carbons (Fsp3) is 0.467. The second-order valence-electron chi connectivity index (χ2n) is 4.98. The Labute approximate surface area is 131 Å². The third kappa shape index (κ3) is 5.02. The highest BCUT2D eigenvalue weighted by Crippen LogP contribution is 2.15. The highest BCUT2D eigenvalue weighted by molar-refractivity contribution is 5.96. The van der Waals surface area contributed by atoms with E-state index in [4.69, 9.17) is 0 Å². The second-order valence-corrected chi connectivity index (χ2v) is 4.98. The zero-order valence-corrected chi connectivity index (χ0v) is 13.0. The Bertz CT molecular complexity index is 470. The molecule has 1 saturated heterocycles. The van der Waals surface area contributed by atoms with Crippen molar-refractivity contribution in [1.82, 2.24) is 10.2 Å². The van der Waals surface area contributed by atoms with Crippen LogP contribution in [0.5, 0.6) is 0 Å². The van der Waals surface area contributed by atoms with Crippen molar-refractivity contribution in [3.63, 3.8) is 0 Å². The van der Waals surface area contributed by atoms with E-state index >= 15 is 0 Å². The summed E-state index contributed by atoms with van der Waals surface area (Å²) in [5.74, 6) is 0.0496. The first kappa shape index (κ1) is 17.5. The average Bonchev–Trinajstić information content (AvgIpc) is 2.99. The third-order valence-corrected chi connectivity index (χ3v) is 3.41. The van der Waals surface area contributed by atoms with Crippen LogP contribution in [0.2, 0.25) is 0 Å². The van der Waals surface area contributed by atoms with Crippen LogP contribution in [0.15, 0.2) is 24.3 Å². The van der Waals surface area contributed by atoms with Crippen LogP contribution >= 0.6 is 12.4 Å². The van der Waals surface area contributed by atoms with Crippen LogP contribution in [-0.4, -0.2) is 43.4 Å². The Balaban J connectivity index is 0.00000220. The van der Waals surface area contributed by atoms with E-state index in [1.165, 1.54) is 0 Å². The molecule has 1 aliphatic rings. The molecule has 0 aromatic heterocycles. The maximum atomic E-state index is 12.2. The minimum atomic E-state index is -0.0297. The zero-order chi connectivity index (χ0) is 14.4. The summed E-state index contributed by atoms with van der Waals surface area (Å²) >= 11 is 0. The molecule has 0 radical (unpaired) electrons. The Morgan fingerprint density at radius 3 is 2.33 bits per heavy atom. The average molecular weight is 312 g/mol. The number of likely N-dealkylation sites (tertiary alicyclic amines) is 1. The number of benzene rings is 1. The van der Waals surface area contributed by atoms with Crippen LogP contribution in [0.3, 0.4) is 0 Å². The quantitative estimate of drug-likeness (QED) is 0.873. The molecular weight excluding hydrogens is 290 g/mol. The number of carbonyl (C=O) groups excluding carboxylic acids is 2. The van der Waals surface area contributed by atoms with Gasteiger partial charge in [-0.25, -0.2) is 0 Å². The number of carbonyl (C=O) groups is 2. The minimum Gasteiger partial charge on any atom is -0.339 e. The summed E-state index contributed by atoms with van der Waals surface area (Å²) < 4.78 is 0. The van der Waals surface area contributed by atoms with Crippen LogP contribution in [0.25, 0.3) is 0 Å². The van der Waals surface area contributed by atoms with Crippen molar-refractivity contribution in [2.24, 2.45) is 0 Å². The van der Waals surface area contributed by atoms with E-state index in [2.05, 4.69) is 10.6 Å². The number of nitrogens with zero attached hydrogens (tertiary/aromatic N) is 1. The van der Waals surface area contributed by atoms with Crippen LogP contribution in [0.4, 0.5) is 5.69 Å². The molecule has 0 unspecified atom stereocenters. The van der Waals surface area contributed by atoms with Gasteiger partial charge in [-0.15, -0.1) is 12.4 Å². The number of rotatable bonds is 5. The van der Waals surface area contributed by atoms with Crippen molar-refractivity contribution in [3.8, 4) is 0 Å². The summed E-state index contributed by atoms with van der Waals surface area (Å²) in [5, 5.41) is 5.74. The molecule has 1 aromatic carbocycles. The topological polar surface area (TPSA) is 61.4 Å². The van der Waals surface area contributed by atoms with Crippen LogP contribution in [0.1, 0.15) is 29.6 Å². The first-order valence-electron chi connectivity index (χ1n) is 7.04. The number of nitrogens with one attached hydrogen (secondary N) is 2. The van der Waals surface area contributed by atoms with Crippen molar-refractivity contribution in [2.75, 3.05) is 32.0 Å². The van der Waals surface area contributed by atoms with E-state index in [0.717, 1.165) is 31.6 Å². The van der Waals surface area contributed by atoms with Gasteiger partial charge in [0.05, 0.1) is 0 Å². The summed E-state index contributed by atoms with van der Waals surface area (Å²) in [6.07, 6.45) is 2.61. The molecule has 1 aliphatic heterocycles. The molecule has 2 N–H and O–H groups in total. The van der Waals surface area contributed by atoms with Crippen LogP contribution in [0, 0.1) is 0 Å². The molecule has 1 aromatic rings. The third-order valence-electron chi connectivity index (χ3n) is 3.41. The lowest BCUT2D eigenvalue weighted by Gasteiger charge is -2.15. The van der Waals surface area contributed by atoms with Gasteiger partial charge < -0.3 is 15.5 Å². The van der Waals surface area contributed by atoms with Crippen LogP contribution < -0.4 is 10.6 Å². The van der Waals surface area contributed by atoms with Gasteiger partial charge in [-0.05, 0) is 44.2 Å². The molecule has 0 bridgehead atoms. The van der Waals surface area contributed by atoms with Crippen molar-refractivity contribution in [3.05, 3.63) is 29.8 Å². The van der Waals surface area contributed by atoms with Gasteiger partial charge in [0.25, 0.3) is 5.91 Å². The van der Waals surface area contributed by atoms with E-state index in [9.17, 15) is 9.59 Å². The lowest BCUT2D eigenvalue weighted by Crippen LogP contribution is -2.27. The number of hydrogen-bond donors (Lipinski definition) is 2. The molecule has 2 rings (SSSR count). The van der Waals surface area contributed by atoms with Crippen LogP contribution in [-0.2, 0) is 4.79 Å². The van der Waals surface area contributed by atoms with E-state index < -0.39 is 0 Å². The Kier molecular flexibility index (Phi) is 7.19. The normalized spacial score (nSPS) is 13.7. The maximum absolute atomic E-state index is 12.2. The van der Waals surface area contributed by atoms with Crippen molar-refractivity contribution >= 4 is 29.9 Å². The van der Waals surface area contributed by atoms with Gasteiger partial charge >= 0.3 is 0 Å². The fourth-order valence-electron chi connectivity index (χ4n) is 2.26. The summed E-state index contributed by atoms with van der Waals surface area (Å²) in [4.78, 5) is 25.6. The number of amides is 2. The molecule has 1 heterocycles. The number of anilines is 1. The predicted octanol–water partition coefficient (Wildman–Crippen LogP) is 1.89. The van der Waals surface area contributed by atoms with Gasteiger partial charge in [0.1, 0.15) is 0 Å². The highest BCUT2D eigenvalue weighted by Gasteiger charge is 2.19. The molecule has 1 fully saturated rings. The molecule has 5 nitrogen and oxygen atoms in total. The molecular formula is C15H22ClN3O2. The van der Waals surface area contributed by atoms with Crippen molar-refractivity contribution in [1.29, 1.82) is 0 Å². The molecule has 6 heteroatoms. The first-order valence-corrected chi connectivity index (χ1v) is 7.04. The highest BCUT2D eigenvalue weighted by atomic mass is 35.5. The lowest BCUT2D eigenvalue weighted by molar-refractivity contribution is -0.116. The Morgan fingerprint density at radius 1 is 1.14 bits per heavy atom. The second kappa shape index (κ2) is 8.64. The molecule has 0 spiro atoms. The molecule has 2 amide bonds. The summed E-state index contributed by atoms with van der Waals surface area (Å²) in [6.45, 7) is 2.35. The summed E-state index contributed by atoms with van der Waals surface area (Å²) in [7, 11) is 1.81. The summed E-state index contributed by atoms with van der Waals surface area (Å²) in [6, 6.07) is 7.10. The van der Waals surface area contributed by atoms with E-state index in [0.29, 0.717) is 18.5 Å². The Morgan fingerprint density at radius 2 is 1.76 bits per heavy atom. The van der Waals surface area contributed by atoms with Gasteiger partial charge in [0.2, 0.25) is 5.91 Å². The van der Waals surface area contributed by atoms with E-state index in [-0.39, 0.29) is 24.2 Å². The standard InChI is InChI=1S/C15H21N3O2.ClH/c1-16-9-8-14(19)17-13-6-4-12(5-7-13)15(20)18-10-2-3-11-18;/h4-7,16H,2-3,8-11H2,1H3,(H,17,19);1H. The maximum Gasteiger partial charge on any atom is 0.253 e. The SMILES string of the molecule is CNCCC(=O)Nc1ccc(C(=O)N2CCCC2)cc1.Cl. The fourth-order valence-corrected chi connectivity index (χ4v) is 2.26. The number of hydrogen-bond acceptors (Lipinski definition) is 3. The van der Waals surface area contributed by atoms with Gasteiger partial charge in [0, 0.05) is 37.3 Å². The molecule has 21 heavy (non-hydrogen) atoms. The van der Waals surface area contributed by atoms with Crippen molar-refractivity contribution < 1.29 is 9.59 Å². The monoisotopic (exact) mass is 311 g/mol. The van der Waals surface area contributed by atoms with E-state index in [1.54, 1.807) is 24.3 Å². The molecule has 116 valence electrons. The smallest absolute Gasteiger partial charge is 0.253 e. The number of halogens is 1. The molecule has 0 aliphatic carbocycles. The van der Waals surface area contributed by atoms with Gasteiger partial charge in [0.15, 0.2) is 0 Å². The minimum absolute atomic E-state index is 0. The lowest BCUT2D eigenvalue weighted by atomic mass is 10.2.